The molecule has 264 valence electrons. The second kappa shape index (κ2) is 16.5. The number of nitrogens with one attached hydrogen (secondary N) is 1. The molecule has 0 amide bonds. The summed E-state index contributed by atoms with van der Waals surface area (Å²) in [6.45, 7) is 2.55. The first kappa shape index (κ1) is 36.0. The summed E-state index contributed by atoms with van der Waals surface area (Å²) in [7, 11) is 0.498. The van der Waals surface area contributed by atoms with Gasteiger partial charge in [0, 0.05) is 51.8 Å². The number of anilines is 2. The second-order valence-electron chi connectivity index (χ2n) is 11.9. The fourth-order valence-electron chi connectivity index (χ4n) is 5.85. The Kier molecular flexibility index (Phi) is 11.4. The van der Waals surface area contributed by atoms with Crippen molar-refractivity contribution in [1.82, 2.24) is 9.97 Å². The van der Waals surface area contributed by atoms with Gasteiger partial charge >= 0.3 is 5.97 Å². The molecule has 5 aromatic rings. The molecular weight excluding hydrogens is 682 g/mol. The maximum atomic E-state index is 14.4. The lowest BCUT2D eigenvalue weighted by atomic mass is 10.0. The van der Waals surface area contributed by atoms with E-state index in [-0.39, 0.29) is 26.2 Å². The van der Waals surface area contributed by atoms with Crippen LogP contribution in [0.1, 0.15) is 35.6 Å². The molecule has 1 atom stereocenters. The summed E-state index contributed by atoms with van der Waals surface area (Å²) in [5.41, 5.74) is 6.90. The van der Waals surface area contributed by atoms with Gasteiger partial charge in [0.2, 0.25) is 0 Å². The minimum atomic E-state index is -1.09. The number of esters is 1. The Morgan fingerprint density at radius 1 is 0.942 bits per heavy atom. The first-order valence-electron chi connectivity index (χ1n) is 16.4. The van der Waals surface area contributed by atoms with Crippen LogP contribution in [0.5, 0.6) is 11.5 Å². The fraction of sp³-hybridized carbons (Fsp3) is 0.195. The summed E-state index contributed by atoms with van der Waals surface area (Å²) < 4.78 is 49.0. The molecule has 11 heteroatoms. The van der Waals surface area contributed by atoms with Crippen LogP contribution >= 0.6 is 0 Å². The highest BCUT2D eigenvalue weighted by atomic mass is 32.2. The molecule has 1 unspecified atom stereocenters. The van der Waals surface area contributed by atoms with Gasteiger partial charge in [-0.2, -0.15) is 0 Å². The van der Waals surface area contributed by atoms with Crippen molar-refractivity contribution in [3.8, 4) is 23.8 Å². The van der Waals surface area contributed by atoms with Crippen molar-refractivity contribution in [2.75, 3.05) is 45.1 Å². The van der Waals surface area contributed by atoms with Gasteiger partial charge in [0.15, 0.2) is 11.5 Å². The van der Waals surface area contributed by atoms with Crippen molar-refractivity contribution in [2.24, 2.45) is 0 Å². The Morgan fingerprint density at radius 3 is 2.46 bits per heavy atom. The smallest absolute Gasteiger partial charge is 0.310 e. The van der Waals surface area contributed by atoms with Gasteiger partial charge in [-0.05, 0) is 94.9 Å². The molecule has 0 saturated heterocycles. The van der Waals surface area contributed by atoms with Gasteiger partial charge in [0.25, 0.3) is 0 Å². The van der Waals surface area contributed by atoms with Crippen molar-refractivity contribution in [2.45, 2.75) is 18.2 Å². The number of methoxy groups -OCH3 is 1. The molecule has 1 aliphatic rings. The van der Waals surface area contributed by atoms with E-state index in [9.17, 15) is 13.4 Å². The Hall–Kier alpha value is -5.83. The van der Waals surface area contributed by atoms with Crippen LogP contribution in [0.2, 0.25) is 0 Å². The van der Waals surface area contributed by atoms with Crippen LogP contribution in [0.15, 0.2) is 95.7 Å². The third kappa shape index (κ3) is 8.37. The Balaban J connectivity index is 1.15. The number of halogens is 1. The molecule has 4 aromatic carbocycles. The average Bonchev–Trinajstić information content (AvgIpc) is 3.39. The molecule has 0 saturated carbocycles. The Labute approximate surface area is 304 Å². The van der Waals surface area contributed by atoms with Gasteiger partial charge in [-0.15, -0.1) is 6.42 Å². The molecule has 52 heavy (non-hydrogen) atoms. The number of terminal acetylenes is 1. The van der Waals surface area contributed by atoms with E-state index in [1.165, 1.54) is 18.5 Å². The number of carbonyl (C=O) groups excluding carboxylic acids is 1. The van der Waals surface area contributed by atoms with E-state index in [2.05, 4.69) is 21.2 Å². The number of ether oxygens (including phenoxy) is 4. The number of benzene rings is 4. The van der Waals surface area contributed by atoms with Crippen LogP contribution < -0.4 is 14.8 Å². The van der Waals surface area contributed by atoms with E-state index in [1.54, 1.807) is 31.6 Å². The highest BCUT2D eigenvalue weighted by Gasteiger charge is 2.26. The minimum Gasteiger partial charge on any atom is -0.487 e. The molecule has 0 radical (unpaired) electrons. The molecule has 0 aliphatic heterocycles. The maximum Gasteiger partial charge on any atom is 0.310 e. The van der Waals surface area contributed by atoms with Gasteiger partial charge in [0.1, 0.15) is 37.8 Å². The van der Waals surface area contributed by atoms with Crippen molar-refractivity contribution < 1.29 is 32.3 Å². The van der Waals surface area contributed by atoms with Gasteiger partial charge < -0.3 is 24.3 Å². The Bertz CT molecular complexity index is 2260. The van der Waals surface area contributed by atoms with Crippen LogP contribution in [0, 0.1) is 18.2 Å². The molecule has 1 N–H and O–H groups in total. The number of hydrogen-bond donors (Lipinski definition) is 1. The topological polar surface area (TPSA) is 109 Å². The Morgan fingerprint density at radius 2 is 1.71 bits per heavy atom. The third-order valence-corrected chi connectivity index (χ3v) is 9.38. The first-order valence-corrected chi connectivity index (χ1v) is 18.0. The lowest BCUT2D eigenvalue weighted by molar-refractivity contribution is -0.143. The van der Waals surface area contributed by atoms with Crippen LogP contribution in [0.25, 0.3) is 28.1 Å². The lowest BCUT2D eigenvalue weighted by Crippen LogP contribution is -2.13. The number of aromatic nitrogens is 2. The van der Waals surface area contributed by atoms with Gasteiger partial charge in [0.05, 0.1) is 18.5 Å². The molecule has 9 nitrogen and oxygen atoms in total. The van der Waals surface area contributed by atoms with Crippen molar-refractivity contribution in [1.29, 1.82) is 0 Å². The lowest BCUT2D eigenvalue weighted by Gasteiger charge is -2.15. The predicted molar refractivity (Wildman–Crippen MR) is 201 cm³/mol. The van der Waals surface area contributed by atoms with Crippen LogP contribution in [0.3, 0.4) is 0 Å². The number of hydrogen-bond acceptors (Lipinski definition) is 9. The van der Waals surface area contributed by atoms with E-state index >= 15 is 0 Å². The van der Waals surface area contributed by atoms with E-state index in [0.29, 0.717) is 46.0 Å². The highest BCUT2D eigenvalue weighted by molar-refractivity contribution is 7.84. The summed E-state index contributed by atoms with van der Waals surface area (Å²) >= 11 is 0. The quantitative estimate of drug-likeness (QED) is 0.0706. The number of nitrogens with zero attached hydrogens (tertiary/aromatic N) is 2. The molecule has 1 heterocycles. The van der Waals surface area contributed by atoms with Crippen LogP contribution in [-0.4, -0.2) is 59.9 Å². The van der Waals surface area contributed by atoms with E-state index in [0.717, 1.165) is 38.4 Å². The predicted octanol–water partition coefficient (Wildman–Crippen LogP) is 7.60. The number of allylic oxidation sites excluding steroid dienone is 2. The maximum absolute atomic E-state index is 14.4. The molecule has 6 rings (SSSR count). The zero-order valence-electron chi connectivity index (χ0n) is 28.9. The van der Waals surface area contributed by atoms with E-state index in [4.69, 9.17) is 25.4 Å². The highest BCUT2D eigenvalue weighted by Crippen LogP contribution is 2.44. The molecular formula is C41H36FN3O6S. The number of carbonyl (C=O) groups is 1. The SMILES string of the molecule is C#Cc1cccc(Nc2ncnc3cc(OCCOC(=O)CC4=C(C)C(=Cc5ccc(S(C)=O)cc5)c5ccc(F)cc54)c(OCCOC)cc23)c1. The molecule has 0 spiro atoms. The molecule has 0 bridgehead atoms. The second-order valence-corrected chi connectivity index (χ2v) is 13.2. The van der Waals surface area contributed by atoms with Crippen LogP contribution in [-0.2, 0) is 25.1 Å². The average molecular weight is 718 g/mol. The van der Waals surface area contributed by atoms with Crippen molar-refractivity contribution in [3.05, 3.63) is 119 Å². The normalized spacial score (nSPS) is 13.5. The fourth-order valence-corrected chi connectivity index (χ4v) is 6.37. The standard InChI is InChI=1S/C41H36FN3O6S/c1-5-27-7-6-8-30(19-27)45-41-36-22-38(49-16-15-48-3)39(24-37(36)43-25-44-41)50-17-18-51-40(46)23-34-26(2)33(32-14-11-29(42)21-35(32)34)20-28-9-12-31(13-10-28)52(4)47/h1,6-14,19-22,24-25H,15-18,23H2,2-4H3,(H,43,44,45). The molecule has 1 aromatic heterocycles. The van der Waals surface area contributed by atoms with Gasteiger partial charge in [-0.1, -0.05) is 30.2 Å². The molecule has 0 fully saturated rings. The summed E-state index contributed by atoms with van der Waals surface area (Å²) in [6.07, 6.45) is 10.6. The minimum absolute atomic E-state index is 0.0351. The summed E-state index contributed by atoms with van der Waals surface area (Å²) in [6, 6.07) is 22.9. The summed E-state index contributed by atoms with van der Waals surface area (Å²) in [5, 5.41) is 3.99. The summed E-state index contributed by atoms with van der Waals surface area (Å²) in [4.78, 5) is 22.7. The zero-order chi connectivity index (χ0) is 36.6. The number of rotatable bonds is 14. The zero-order valence-corrected chi connectivity index (χ0v) is 29.7. The van der Waals surface area contributed by atoms with Gasteiger partial charge in [-0.3, -0.25) is 9.00 Å². The number of fused-ring (bicyclic) bond motifs is 2. The first-order chi connectivity index (χ1) is 25.2. The van der Waals surface area contributed by atoms with E-state index in [1.807, 2.05) is 61.5 Å². The summed E-state index contributed by atoms with van der Waals surface area (Å²) in [5.74, 6) is 3.16. The van der Waals surface area contributed by atoms with E-state index < -0.39 is 22.6 Å². The molecule has 1 aliphatic carbocycles. The van der Waals surface area contributed by atoms with Crippen LogP contribution in [0.4, 0.5) is 15.9 Å². The third-order valence-electron chi connectivity index (χ3n) is 8.44. The van der Waals surface area contributed by atoms with Crippen molar-refractivity contribution in [3.63, 3.8) is 0 Å². The van der Waals surface area contributed by atoms with Gasteiger partial charge in [-0.25, -0.2) is 14.4 Å². The van der Waals surface area contributed by atoms with Crippen molar-refractivity contribution >= 4 is 56.4 Å². The largest absolute Gasteiger partial charge is 0.487 e. The monoisotopic (exact) mass is 717 g/mol.